The lowest BCUT2D eigenvalue weighted by molar-refractivity contribution is -0.384. The van der Waals surface area contributed by atoms with E-state index in [1.165, 1.54) is 29.5 Å². The molecule has 2 aromatic rings. The number of hydrogen-bond acceptors (Lipinski definition) is 4. The summed E-state index contributed by atoms with van der Waals surface area (Å²) in [6.07, 6.45) is 3.26. The topological polar surface area (TPSA) is 63.5 Å². The van der Waals surface area contributed by atoms with Crippen LogP contribution in [0.4, 0.5) is 5.69 Å². The Morgan fingerprint density at radius 2 is 2.13 bits per heavy atom. The summed E-state index contributed by atoms with van der Waals surface area (Å²) in [6, 6.07) is 9.92. The Hall–Kier alpha value is -1.99. The molecule has 1 heterocycles. The van der Waals surface area contributed by atoms with Crippen LogP contribution in [0.2, 0.25) is 0 Å². The molecule has 0 bridgehead atoms. The molecule has 0 aliphatic rings. The van der Waals surface area contributed by atoms with Gasteiger partial charge < -0.3 is 4.90 Å². The second-order valence-corrected chi connectivity index (χ2v) is 7.45. The van der Waals surface area contributed by atoms with Gasteiger partial charge in [-0.15, -0.1) is 11.3 Å². The molecule has 0 aliphatic carbocycles. The molecule has 120 valence electrons. The molecule has 0 unspecified atom stereocenters. The van der Waals surface area contributed by atoms with Gasteiger partial charge in [-0.2, -0.15) is 0 Å². The van der Waals surface area contributed by atoms with Crippen molar-refractivity contribution in [3.8, 4) is 0 Å². The molecule has 0 radical (unpaired) electrons. The number of carbonyl (C=O) groups is 1. The maximum absolute atomic E-state index is 12.3. The predicted octanol–water partition coefficient (Wildman–Crippen LogP) is 4.65. The SMILES string of the molecule is C[C@@H](c1cccc([N+](=O)[O-])c1)N(C)C(=O)/C=C/c1ccc(Br)s1. The van der Waals surface area contributed by atoms with Crippen LogP contribution in [0.5, 0.6) is 0 Å². The quantitative estimate of drug-likeness (QED) is 0.421. The van der Waals surface area contributed by atoms with Gasteiger partial charge in [-0.1, -0.05) is 12.1 Å². The number of benzene rings is 1. The van der Waals surface area contributed by atoms with Crippen LogP contribution in [0.1, 0.15) is 23.4 Å². The molecule has 2 rings (SSSR count). The van der Waals surface area contributed by atoms with E-state index in [1.54, 1.807) is 30.2 Å². The molecular formula is C16H15BrN2O3S. The molecule has 0 fully saturated rings. The minimum absolute atomic E-state index is 0.0224. The number of rotatable bonds is 5. The number of non-ortho nitro benzene ring substituents is 1. The normalized spacial score (nSPS) is 12.3. The average molecular weight is 395 g/mol. The Bertz CT molecular complexity index is 757. The minimum atomic E-state index is -0.438. The molecule has 1 atom stereocenters. The Morgan fingerprint density at radius 1 is 1.39 bits per heavy atom. The van der Waals surface area contributed by atoms with E-state index in [-0.39, 0.29) is 17.6 Å². The Kier molecular flexibility index (Phi) is 5.68. The van der Waals surface area contributed by atoms with E-state index in [4.69, 9.17) is 0 Å². The van der Waals surface area contributed by atoms with E-state index in [9.17, 15) is 14.9 Å². The number of amides is 1. The van der Waals surface area contributed by atoms with Crippen molar-refractivity contribution in [2.45, 2.75) is 13.0 Å². The van der Waals surface area contributed by atoms with E-state index in [2.05, 4.69) is 15.9 Å². The van der Waals surface area contributed by atoms with Crippen molar-refractivity contribution in [1.29, 1.82) is 0 Å². The third kappa shape index (κ3) is 4.49. The second-order valence-electron chi connectivity index (χ2n) is 4.95. The predicted molar refractivity (Wildman–Crippen MR) is 95.3 cm³/mol. The molecule has 1 amide bonds. The van der Waals surface area contributed by atoms with Gasteiger partial charge in [0.1, 0.15) is 0 Å². The van der Waals surface area contributed by atoms with Crippen molar-refractivity contribution >= 4 is 44.9 Å². The van der Waals surface area contributed by atoms with Gasteiger partial charge in [0.2, 0.25) is 5.91 Å². The Morgan fingerprint density at radius 3 is 2.74 bits per heavy atom. The number of thiophene rings is 1. The van der Waals surface area contributed by atoms with Crippen LogP contribution in [-0.2, 0) is 4.79 Å². The van der Waals surface area contributed by atoms with Crippen LogP contribution in [0.3, 0.4) is 0 Å². The van der Waals surface area contributed by atoms with E-state index in [0.29, 0.717) is 0 Å². The zero-order valence-electron chi connectivity index (χ0n) is 12.6. The van der Waals surface area contributed by atoms with Crippen molar-refractivity contribution in [2.24, 2.45) is 0 Å². The summed E-state index contributed by atoms with van der Waals surface area (Å²) in [4.78, 5) is 25.2. The number of nitro groups is 1. The Labute approximate surface area is 146 Å². The van der Waals surface area contributed by atoms with Gasteiger partial charge in [0.15, 0.2) is 0 Å². The summed E-state index contributed by atoms with van der Waals surface area (Å²) < 4.78 is 1.00. The summed E-state index contributed by atoms with van der Waals surface area (Å²) in [5.41, 5.74) is 0.747. The van der Waals surface area contributed by atoms with Gasteiger partial charge in [0.25, 0.3) is 5.69 Å². The third-order valence-corrected chi connectivity index (χ3v) is 5.07. The fourth-order valence-electron chi connectivity index (χ4n) is 2.00. The molecule has 0 saturated carbocycles. The van der Waals surface area contributed by atoms with Gasteiger partial charge >= 0.3 is 0 Å². The molecule has 1 aromatic heterocycles. The first-order chi connectivity index (χ1) is 10.9. The minimum Gasteiger partial charge on any atom is -0.335 e. The van der Waals surface area contributed by atoms with Gasteiger partial charge in [0, 0.05) is 30.1 Å². The van der Waals surface area contributed by atoms with Crippen molar-refractivity contribution in [3.63, 3.8) is 0 Å². The van der Waals surface area contributed by atoms with Crippen LogP contribution in [0.25, 0.3) is 6.08 Å². The van der Waals surface area contributed by atoms with Crippen molar-refractivity contribution in [1.82, 2.24) is 4.90 Å². The monoisotopic (exact) mass is 394 g/mol. The van der Waals surface area contributed by atoms with Crippen molar-refractivity contribution < 1.29 is 9.72 Å². The van der Waals surface area contributed by atoms with E-state index >= 15 is 0 Å². The van der Waals surface area contributed by atoms with Crippen LogP contribution in [0.15, 0.2) is 46.3 Å². The molecule has 0 spiro atoms. The highest BCUT2D eigenvalue weighted by atomic mass is 79.9. The fourth-order valence-corrected chi connectivity index (χ4v) is 3.33. The lowest BCUT2D eigenvalue weighted by Gasteiger charge is -2.24. The summed E-state index contributed by atoms with van der Waals surface area (Å²) >= 11 is 4.91. The second kappa shape index (κ2) is 7.52. The number of nitrogens with zero attached hydrogens (tertiary/aromatic N) is 2. The summed E-state index contributed by atoms with van der Waals surface area (Å²) in [6.45, 7) is 1.84. The zero-order chi connectivity index (χ0) is 17.0. The van der Waals surface area contributed by atoms with Gasteiger partial charge in [-0.3, -0.25) is 14.9 Å². The number of hydrogen-bond donors (Lipinski definition) is 0. The van der Waals surface area contributed by atoms with E-state index < -0.39 is 4.92 Å². The van der Waals surface area contributed by atoms with Gasteiger partial charge in [-0.25, -0.2) is 0 Å². The number of halogens is 1. The molecule has 23 heavy (non-hydrogen) atoms. The van der Waals surface area contributed by atoms with E-state index in [0.717, 1.165) is 14.2 Å². The van der Waals surface area contributed by atoms with Crippen LogP contribution in [-0.4, -0.2) is 22.8 Å². The lowest BCUT2D eigenvalue weighted by atomic mass is 10.1. The summed E-state index contributed by atoms with van der Waals surface area (Å²) in [7, 11) is 1.68. The molecule has 0 saturated heterocycles. The first-order valence-electron chi connectivity index (χ1n) is 6.83. The molecule has 5 nitrogen and oxygen atoms in total. The van der Waals surface area contributed by atoms with Crippen molar-refractivity contribution in [2.75, 3.05) is 7.05 Å². The maximum atomic E-state index is 12.3. The molecule has 0 N–H and O–H groups in total. The van der Waals surface area contributed by atoms with E-state index in [1.807, 2.05) is 19.1 Å². The lowest BCUT2D eigenvalue weighted by Crippen LogP contribution is -2.28. The van der Waals surface area contributed by atoms with Crippen molar-refractivity contribution in [3.05, 3.63) is 66.8 Å². The zero-order valence-corrected chi connectivity index (χ0v) is 15.0. The maximum Gasteiger partial charge on any atom is 0.269 e. The largest absolute Gasteiger partial charge is 0.335 e. The highest BCUT2D eigenvalue weighted by Gasteiger charge is 2.17. The summed E-state index contributed by atoms with van der Waals surface area (Å²) in [5, 5.41) is 10.9. The standard InChI is InChI=1S/C16H15BrN2O3S/c1-11(12-4-3-5-13(10-12)19(21)22)18(2)16(20)9-7-14-6-8-15(17)23-14/h3-11H,1-2H3/b9-7+/t11-/m0/s1. The van der Waals surface area contributed by atoms with Crippen LogP contribution < -0.4 is 0 Å². The summed E-state index contributed by atoms with van der Waals surface area (Å²) in [5.74, 6) is -0.159. The third-order valence-electron chi connectivity index (χ3n) is 3.48. The number of likely N-dealkylation sites (N-methyl/N-ethyl adjacent to an activating group) is 1. The highest BCUT2D eigenvalue weighted by molar-refractivity contribution is 9.11. The van der Waals surface area contributed by atoms with Crippen LogP contribution in [0, 0.1) is 10.1 Å². The smallest absolute Gasteiger partial charge is 0.269 e. The first-order valence-corrected chi connectivity index (χ1v) is 8.44. The van der Waals surface area contributed by atoms with Gasteiger partial charge in [-0.05, 0) is 46.6 Å². The van der Waals surface area contributed by atoms with Gasteiger partial charge in [0.05, 0.1) is 14.8 Å². The molecule has 7 heteroatoms. The molecular weight excluding hydrogens is 380 g/mol. The van der Waals surface area contributed by atoms with Crippen LogP contribution >= 0.6 is 27.3 Å². The molecule has 1 aromatic carbocycles. The average Bonchev–Trinajstić information content (AvgIpc) is 2.96. The number of nitro benzene ring substituents is 1. The first kappa shape index (κ1) is 17.4. The molecule has 0 aliphatic heterocycles. The number of carbonyl (C=O) groups excluding carboxylic acids is 1. The fraction of sp³-hybridized carbons (Fsp3) is 0.188. The Balaban J connectivity index is 2.10. The highest BCUT2D eigenvalue weighted by Crippen LogP contribution is 2.25.